The summed E-state index contributed by atoms with van der Waals surface area (Å²) < 4.78 is 6.15. The second-order valence-corrected chi connectivity index (χ2v) is 11.3. The second-order valence-electron chi connectivity index (χ2n) is 6.45. The van der Waals surface area contributed by atoms with Gasteiger partial charge in [0, 0.05) is 12.3 Å². The number of hydrogen-bond acceptors (Lipinski definition) is 2. The first-order chi connectivity index (χ1) is 8.22. The Kier molecular flexibility index (Phi) is 4.99. The molecule has 1 aromatic carbocycles. The zero-order valence-electron chi connectivity index (χ0n) is 12.4. The lowest BCUT2D eigenvalue weighted by Crippen LogP contribution is -2.41. The molecule has 1 rings (SSSR count). The van der Waals surface area contributed by atoms with Gasteiger partial charge in [-0.15, -0.1) is 0 Å². The van der Waals surface area contributed by atoms with Gasteiger partial charge in [0.2, 0.25) is 0 Å². The van der Waals surface area contributed by atoms with Crippen LogP contribution >= 0.6 is 0 Å². The minimum absolute atomic E-state index is 0.300. The summed E-state index contributed by atoms with van der Waals surface area (Å²) in [6.07, 6.45) is 2.14. The van der Waals surface area contributed by atoms with Gasteiger partial charge in [-0.3, -0.25) is 0 Å². The number of aryl methyl sites for hydroxylation is 1. The summed E-state index contributed by atoms with van der Waals surface area (Å²) in [5, 5.41) is 0.300. The monoisotopic (exact) mass is 265 g/mol. The fourth-order valence-corrected chi connectivity index (χ4v) is 2.59. The molecule has 18 heavy (non-hydrogen) atoms. The van der Waals surface area contributed by atoms with E-state index in [1.54, 1.807) is 0 Å². The van der Waals surface area contributed by atoms with Gasteiger partial charge in [0.1, 0.15) is 0 Å². The third-order valence-corrected chi connectivity index (χ3v) is 8.40. The molecule has 0 bridgehead atoms. The summed E-state index contributed by atoms with van der Waals surface area (Å²) in [7, 11) is -1.57. The molecule has 0 aliphatic rings. The first kappa shape index (κ1) is 15.3. The van der Waals surface area contributed by atoms with E-state index in [1.165, 1.54) is 5.56 Å². The van der Waals surface area contributed by atoms with Crippen molar-refractivity contribution in [2.75, 3.05) is 12.3 Å². The summed E-state index contributed by atoms with van der Waals surface area (Å²) >= 11 is 0. The van der Waals surface area contributed by atoms with Crippen LogP contribution in [-0.2, 0) is 10.8 Å². The van der Waals surface area contributed by atoms with Crippen LogP contribution in [0.25, 0.3) is 0 Å². The fourth-order valence-electron chi connectivity index (χ4n) is 1.50. The molecular weight excluding hydrogens is 238 g/mol. The molecule has 0 fully saturated rings. The molecule has 0 atom stereocenters. The van der Waals surface area contributed by atoms with Gasteiger partial charge in [0.05, 0.1) is 0 Å². The molecule has 0 aromatic heterocycles. The van der Waals surface area contributed by atoms with Crippen molar-refractivity contribution in [1.82, 2.24) is 0 Å². The molecule has 0 radical (unpaired) electrons. The van der Waals surface area contributed by atoms with E-state index in [-0.39, 0.29) is 0 Å². The van der Waals surface area contributed by atoms with Crippen molar-refractivity contribution in [2.45, 2.75) is 51.7 Å². The molecule has 0 unspecified atom stereocenters. The van der Waals surface area contributed by atoms with Crippen LogP contribution in [0.2, 0.25) is 18.1 Å². The molecule has 2 N–H and O–H groups in total. The Balaban J connectivity index is 2.33. The highest BCUT2D eigenvalue weighted by molar-refractivity contribution is 6.74. The summed E-state index contributed by atoms with van der Waals surface area (Å²) in [4.78, 5) is 0. The average Bonchev–Trinajstić information content (AvgIpc) is 2.25. The van der Waals surface area contributed by atoms with Crippen LogP contribution in [0.3, 0.4) is 0 Å². The summed E-state index contributed by atoms with van der Waals surface area (Å²) in [5.74, 6) is 0. The van der Waals surface area contributed by atoms with Gasteiger partial charge in [-0.1, -0.05) is 32.9 Å². The largest absolute Gasteiger partial charge is 0.417 e. The lowest BCUT2D eigenvalue weighted by atomic mass is 10.1. The predicted molar refractivity (Wildman–Crippen MR) is 82.3 cm³/mol. The van der Waals surface area contributed by atoms with Crippen molar-refractivity contribution in [2.24, 2.45) is 0 Å². The van der Waals surface area contributed by atoms with Gasteiger partial charge in [0.15, 0.2) is 8.32 Å². The maximum absolute atomic E-state index is 6.15. The first-order valence-corrected chi connectivity index (χ1v) is 9.61. The predicted octanol–water partition coefficient (Wildman–Crippen LogP) is 4.22. The molecule has 0 aliphatic heterocycles. The molecule has 0 saturated heterocycles. The van der Waals surface area contributed by atoms with Gasteiger partial charge in [-0.05, 0) is 48.7 Å². The molecule has 1 aromatic rings. The highest BCUT2D eigenvalue weighted by Crippen LogP contribution is 2.36. The van der Waals surface area contributed by atoms with Gasteiger partial charge in [-0.25, -0.2) is 0 Å². The van der Waals surface area contributed by atoms with E-state index < -0.39 is 8.32 Å². The van der Waals surface area contributed by atoms with Crippen molar-refractivity contribution in [3.8, 4) is 0 Å². The normalized spacial score (nSPS) is 12.7. The van der Waals surface area contributed by atoms with E-state index in [0.717, 1.165) is 25.1 Å². The quantitative estimate of drug-likeness (QED) is 0.491. The van der Waals surface area contributed by atoms with Gasteiger partial charge < -0.3 is 10.2 Å². The number of rotatable bonds is 5. The number of anilines is 1. The van der Waals surface area contributed by atoms with Crippen LogP contribution in [0, 0.1) is 0 Å². The summed E-state index contributed by atoms with van der Waals surface area (Å²) in [6, 6.07) is 8.12. The Bertz CT molecular complexity index is 365. The third-order valence-electron chi connectivity index (χ3n) is 3.86. The zero-order chi connectivity index (χ0) is 13.8. The van der Waals surface area contributed by atoms with E-state index in [4.69, 9.17) is 10.2 Å². The topological polar surface area (TPSA) is 35.2 Å². The standard InChI is InChI=1S/C15H27NOSi/c1-15(2,3)18(4,5)17-12-6-7-13-8-10-14(16)11-9-13/h8-11H,6-7,12,16H2,1-5H3. The van der Waals surface area contributed by atoms with Gasteiger partial charge in [-0.2, -0.15) is 0 Å². The smallest absolute Gasteiger partial charge is 0.191 e. The molecular formula is C15H27NOSi. The minimum atomic E-state index is -1.57. The van der Waals surface area contributed by atoms with E-state index in [1.807, 2.05) is 12.1 Å². The maximum atomic E-state index is 6.15. The minimum Gasteiger partial charge on any atom is -0.417 e. The van der Waals surface area contributed by atoms with Crippen LogP contribution in [0.1, 0.15) is 32.8 Å². The molecule has 0 heterocycles. The van der Waals surface area contributed by atoms with Crippen LogP contribution in [0.4, 0.5) is 5.69 Å². The zero-order valence-corrected chi connectivity index (χ0v) is 13.4. The Morgan fingerprint density at radius 3 is 2.17 bits per heavy atom. The Morgan fingerprint density at radius 2 is 1.67 bits per heavy atom. The molecule has 0 spiro atoms. The molecule has 0 aliphatic carbocycles. The molecule has 0 amide bonds. The lowest BCUT2D eigenvalue weighted by Gasteiger charge is -2.36. The van der Waals surface area contributed by atoms with E-state index in [2.05, 4.69) is 46.0 Å². The first-order valence-electron chi connectivity index (χ1n) is 6.71. The highest BCUT2D eigenvalue weighted by Gasteiger charge is 2.36. The van der Waals surface area contributed by atoms with Gasteiger partial charge >= 0.3 is 0 Å². The lowest BCUT2D eigenvalue weighted by molar-refractivity contribution is 0.282. The average molecular weight is 265 g/mol. The fraction of sp³-hybridized carbons (Fsp3) is 0.600. The van der Waals surface area contributed by atoms with Crippen molar-refractivity contribution in [1.29, 1.82) is 0 Å². The van der Waals surface area contributed by atoms with Crippen molar-refractivity contribution < 1.29 is 4.43 Å². The maximum Gasteiger partial charge on any atom is 0.191 e. The van der Waals surface area contributed by atoms with E-state index in [0.29, 0.717) is 5.04 Å². The molecule has 0 saturated carbocycles. The van der Waals surface area contributed by atoms with Crippen molar-refractivity contribution in [3.05, 3.63) is 29.8 Å². The van der Waals surface area contributed by atoms with Crippen LogP contribution in [-0.4, -0.2) is 14.9 Å². The van der Waals surface area contributed by atoms with Crippen LogP contribution in [0.15, 0.2) is 24.3 Å². The number of benzene rings is 1. The second kappa shape index (κ2) is 5.89. The molecule has 2 nitrogen and oxygen atoms in total. The van der Waals surface area contributed by atoms with Crippen LogP contribution < -0.4 is 5.73 Å². The number of nitrogens with two attached hydrogens (primary N) is 1. The summed E-state index contributed by atoms with van der Waals surface area (Å²) in [5.41, 5.74) is 7.83. The van der Waals surface area contributed by atoms with Crippen molar-refractivity contribution in [3.63, 3.8) is 0 Å². The van der Waals surface area contributed by atoms with Gasteiger partial charge in [0.25, 0.3) is 0 Å². The highest BCUT2D eigenvalue weighted by atomic mass is 28.4. The Hall–Kier alpha value is -0.803. The summed E-state index contributed by atoms with van der Waals surface area (Å²) in [6.45, 7) is 12.3. The molecule has 3 heteroatoms. The number of hydrogen-bond donors (Lipinski definition) is 1. The van der Waals surface area contributed by atoms with Crippen molar-refractivity contribution >= 4 is 14.0 Å². The Morgan fingerprint density at radius 1 is 1.11 bits per heavy atom. The van der Waals surface area contributed by atoms with E-state index >= 15 is 0 Å². The molecule has 102 valence electrons. The SMILES string of the molecule is CC(C)(C)[Si](C)(C)OCCCc1ccc(N)cc1. The Labute approximate surface area is 113 Å². The third kappa shape index (κ3) is 4.46. The number of nitrogen functional groups attached to an aromatic ring is 1. The van der Waals surface area contributed by atoms with E-state index in [9.17, 15) is 0 Å². The van der Waals surface area contributed by atoms with Crippen LogP contribution in [0.5, 0.6) is 0 Å².